The fraction of sp³-hybridized carbons (Fsp3) is 0.286. The number of allylic oxidation sites excluding steroid dienone is 2. The molecule has 10 heteroatoms. The third-order valence-corrected chi connectivity index (χ3v) is 8.35. The summed E-state index contributed by atoms with van der Waals surface area (Å²) in [6.45, 7) is 3.39. The summed E-state index contributed by atoms with van der Waals surface area (Å²) in [6.07, 6.45) is 4.72. The second-order valence-corrected chi connectivity index (χ2v) is 11.3. The summed E-state index contributed by atoms with van der Waals surface area (Å²) in [7, 11) is -1.65. The Kier molecular flexibility index (Phi) is 7.75. The molecule has 4 rings (SSSR count). The smallest absolute Gasteiger partial charge is 0.324 e. The van der Waals surface area contributed by atoms with E-state index in [-0.39, 0.29) is 12.2 Å². The van der Waals surface area contributed by atoms with Gasteiger partial charge in [0.2, 0.25) is 10.0 Å². The largest absolute Gasteiger partial charge is 0.497 e. The van der Waals surface area contributed by atoms with Crippen LogP contribution >= 0.6 is 0 Å². The summed E-state index contributed by atoms with van der Waals surface area (Å²) in [5.41, 5.74) is 2.15. The summed E-state index contributed by atoms with van der Waals surface area (Å²) in [5, 5.41) is 3.28. The zero-order valence-corrected chi connectivity index (χ0v) is 22.4. The molecule has 9 nitrogen and oxygen atoms in total. The van der Waals surface area contributed by atoms with Crippen LogP contribution in [0.3, 0.4) is 0 Å². The van der Waals surface area contributed by atoms with Crippen molar-refractivity contribution < 1.29 is 31.9 Å². The maximum Gasteiger partial charge on any atom is 0.324 e. The molecule has 1 aliphatic carbocycles. The van der Waals surface area contributed by atoms with Crippen molar-refractivity contribution in [1.29, 1.82) is 0 Å². The first-order valence-corrected chi connectivity index (χ1v) is 13.5. The van der Waals surface area contributed by atoms with Gasteiger partial charge < -0.3 is 19.2 Å². The maximum absolute atomic E-state index is 13.8. The molecule has 0 radical (unpaired) electrons. The summed E-state index contributed by atoms with van der Waals surface area (Å²) in [5.74, 6) is -1.34. The summed E-state index contributed by atoms with van der Waals surface area (Å²) in [6, 6.07) is 14.9. The SMILES string of the molecule is COC(=O)[C@@H](NS(=O)(=O)C1(NC(=O)c2cc3cc(OC)ccc3o2)C=CC(c2ccccc2)=CC1)C(C)C. The van der Waals surface area contributed by atoms with Crippen molar-refractivity contribution in [3.8, 4) is 5.75 Å². The minimum atomic E-state index is -4.37. The van der Waals surface area contributed by atoms with Crippen LogP contribution < -0.4 is 14.8 Å². The second kappa shape index (κ2) is 10.8. The number of fused-ring (bicyclic) bond motifs is 1. The predicted molar refractivity (Wildman–Crippen MR) is 144 cm³/mol. The molecule has 0 fully saturated rings. The van der Waals surface area contributed by atoms with Gasteiger partial charge in [0.15, 0.2) is 10.6 Å². The Balaban J connectivity index is 1.71. The Labute approximate surface area is 221 Å². The van der Waals surface area contributed by atoms with Gasteiger partial charge in [0.1, 0.15) is 17.4 Å². The van der Waals surface area contributed by atoms with E-state index in [1.165, 1.54) is 26.4 Å². The van der Waals surface area contributed by atoms with Gasteiger partial charge in [0, 0.05) is 11.8 Å². The highest BCUT2D eigenvalue weighted by molar-refractivity contribution is 7.91. The van der Waals surface area contributed by atoms with Crippen LogP contribution in [0, 0.1) is 5.92 Å². The molecule has 1 aliphatic rings. The first-order valence-electron chi connectivity index (χ1n) is 12.0. The van der Waals surface area contributed by atoms with Crippen molar-refractivity contribution in [1.82, 2.24) is 10.0 Å². The van der Waals surface area contributed by atoms with Crippen LogP contribution in [-0.4, -0.2) is 45.4 Å². The number of methoxy groups -OCH3 is 2. The number of carbonyl (C=O) groups excluding carboxylic acids is 2. The Morgan fingerprint density at radius 3 is 2.39 bits per heavy atom. The molecule has 200 valence electrons. The highest BCUT2D eigenvalue weighted by Crippen LogP contribution is 2.32. The van der Waals surface area contributed by atoms with Gasteiger partial charge in [0.05, 0.1) is 14.2 Å². The molecule has 2 N–H and O–H groups in total. The van der Waals surface area contributed by atoms with Gasteiger partial charge in [-0.1, -0.05) is 56.3 Å². The molecule has 2 atom stereocenters. The van der Waals surface area contributed by atoms with E-state index in [4.69, 9.17) is 13.9 Å². The van der Waals surface area contributed by atoms with Gasteiger partial charge in [-0.25, -0.2) is 8.42 Å². The van der Waals surface area contributed by atoms with E-state index in [1.54, 1.807) is 44.2 Å². The van der Waals surface area contributed by atoms with Crippen LogP contribution in [0.25, 0.3) is 16.5 Å². The molecule has 0 saturated carbocycles. The van der Waals surface area contributed by atoms with E-state index in [0.29, 0.717) is 16.7 Å². The topological polar surface area (TPSA) is 124 Å². The van der Waals surface area contributed by atoms with Gasteiger partial charge in [-0.2, -0.15) is 4.72 Å². The fourth-order valence-electron chi connectivity index (χ4n) is 4.20. The average Bonchev–Trinajstić information content (AvgIpc) is 3.35. The van der Waals surface area contributed by atoms with Gasteiger partial charge in [0.25, 0.3) is 5.91 Å². The lowest BCUT2D eigenvalue weighted by Gasteiger charge is -2.34. The predicted octanol–water partition coefficient (Wildman–Crippen LogP) is 4.03. The highest BCUT2D eigenvalue weighted by Gasteiger charge is 2.46. The van der Waals surface area contributed by atoms with E-state index in [9.17, 15) is 18.0 Å². The number of hydrogen-bond acceptors (Lipinski definition) is 7. The lowest BCUT2D eigenvalue weighted by Crippen LogP contribution is -2.60. The maximum atomic E-state index is 13.8. The monoisotopic (exact) mass is 538 g/mol. The quantitative estimate of drug-likeness (QED) is 0.394. The molecule has 1 heterocycles. The van der Waals surface area contributed by atoms with Crippen molar-refractivity contribution in [2.24, 2.45) is 5.92 Å². The first kappa shape index (κ1) is 27.2. The zero-order chi connectivity index (χ0) is 27.5. The van der Waals surface area contributed by atoms with Crippen LogP contribution in [0.15, 0.2) is 77.2 Å². The Morgan fingerprint density at radius 1 is 1.05 bits per heavy atom. The number of hydrogen-bond donors (Lipinski definition) is 2. The van der Waals surface area contributed by atoms with Gasteiger partial charge in [-0.05, 0) is 47.4 Å². The van der Waals surface area contributed by atoms with E-state index in [0.717, 1.165) is 11.1 Å². The number of nitrogens with one attached hydrogen (secondary N) is 2. The molecule has 0 spiro atoms. The Hall–Kier alpha value is -3.89. The fourth-order valence-corrected chi connectivity index (χ4v) is 5.89. The molecular formula is C28H30N2O7S. The summed E-state index contributed by atoms with van der Waals surface area (Å²) in [4.78, 5) is 23.8. The molecule has 0 aliphatic heterocycles. The molecule has 1 unspecified atom stereocenters. The van der Waals surface area contributed by atoms with E-state index < -0.39 is 38.7 Å². The molecule has 3 aromatic rings. The molecule has 0 saturated heterocycles. The second-order valence-electron chi connectivity index (χ2n) is 9.29. The van der Waals surface area contributed by atoms with Crippen LogP contribution in [0.2, 0.25) is 0 Å². The van der Waals surface area contributed by atoms with Crippen LogP contribution in [0.4, 0.5) is 0 Å². The van der Waals surface area contributed by atoms with Crippen molar-refractivity contribution in [2.75, 3.05) is 14.2 Å². The number of rotatable bonds is 9. The van der Waals surface area contributed by atoms with Gasteiger partial charge in [-0.3, -0.25) is 9.59 Å². The van der Waals surface area contributed by atoms with Crippen molar-refractivity contribution >= 4 is 38.4 Å². The van der Waals surface area contributed by atoms with Crippen molar-refractivity contribution in [3.05, 3.63) is 84.1 Å². The van der Waals surface area contributed by atoms with E-state index in [1.807, 2.05) is 30.3 Å². The van der Waals surface area contributed by atoms with Gasteiger partial charge >= 0.3 is 5.97 Å². The number of furan rings is 1. The normalized spacial score (nSPS) is 18.2. The number of sulfonamides is 1. The van der Waals surface area contributed by atoms with Crippen molar-refractivity contribution in [3.63, 3.8) is 0 Å². The van der Waals surface area contributed by atoms with Crippen LogP contribution in [0.5, 0.6) is 5.75 Å². The number of carbonyl (C=O) groups is 2. The molecule has 1 aromatic heterocycles. The van der Waals surface area contributed by atoms with E-state index in [2.05, 4.69) is 10.0 Å². The first-order chi connectivity index (χ1) is 18.1. The number of amides is 1. The third kappa shape index (κ3) is 5.36. The molecule has 38 heavy (non-hydrogen) atoms. The number of ether oxygens (including phenoxy) is 2. The average molecular weight is 539 g/mol. The minimum absolute atomic E-state index is 0.0672. The number of esters is 1. The van der Waals surface area contributed by atoms with Crippen LogP contribution in [-0.2, 0) is 19.6 Å². The van der Waals surface area contributed by atoms with E-state index >= 15 is 0 Å². The molecular weight excluding hydrogens is 508 g/mol. The minimum Gasteiger partial charge on any atom is -0.497 e. The zero-order valence-electron chi connectivity index (χ0n) is 21.6. The van der Waals surface area contributed by atoms with Crippen LogP contribution in [0.1, 0.15) is 36.4 Å². The summed E-state index contributed by atoms with van der Waals surface area (Å²) >= 11 is 0. The molecule has 2 aromatic carbocycles. The summed E-state index contributed by atoms with van der Waals surface area (Å²) < 4.78 is 45.9. The van der Waals surface area contributed by atoms with Gasteiger partial charge in [-0.15, -0.1) is 0 Å². The lowest BCUT2D eigenvalue weighted by atomic mass is 9.96. The molecule has 0 bridgehead atoms. The van der Waals surface area contributed by atoms with Crippen molar-refractivity contribution in [2.45, 2.75) is 31.2 Å². The highest BCUT2D eigenvalue weighted by atomic mass is 32.2. The Bertz CT molecular complexity index is 1510. The third-order valence-electron chi connectivity index (χ3n) is 6.42. The molecule has 1 amide bonds. The Morgan fingerprint density at radius 2 is 1.79 bits per heavy atom. The standard InChI is InChI=1S/C28H30N2O7S/c1-18(2)25(27(32)36-4)30-38(33,34)28(14-12-20(13-15-28)19-8-6-5-7-9-19)29-26(31)24-17-21-16-22(35-3)10-11-23(21)37-24/h5-14,16-18,25,30H,15H2,1-4H3,(H,29,31)/t25-,28?/m0/s1. The lowest BCUT2D eigenvalue weighted by molar-refractivity contribution is -0.143. The number of benzene rings is 2.